The van der Waals surface area contributed by atoms with Crippen LogP contribution in [0.15, 0.2) is 11.8 Å². The molecular weight excluding hydrogens is 140 g/mol. The van der Waals surface area contributed by atoms with Gasteiger partial charge in [0.15, 0.2) is 0 Å². The van der Waals surface area contributed by atoms with Gasteiger partial charge in [0, 0.05) is 0 Å². The maximum absolute atomic E-state index is 5.68. The minimum atomic E-state index is -1.33. The molecule has 0 aromatic rings. The fraction of sp³-hybridized carbons (Fsp3) is 0.750. The Labute approximate surface area is 65.2 Å². The van der Waals surface area contributed by atoms with E-state index in [-0.39, 0.29) is 0 Å². The summed E-state index contributed by atoms with van der Waals surface area (Å²) in [6.45, 7) is 10.7. The minimum absolute atomic E-state index is 1.07. The normalized spacial score (nSPS) is 13.5. The van der Waals surface area contributed by atoms with E-state index in [2.05, 4.69) is 32.6 Å². The van der Waals surface area contributed by atoms with Crippen molar-refractivity contribution >= 4 is 8.32 Å². The molecule has 10 heavy (non-hydrogen) atoms. The zero-order valence-electron chi connectivity index (χ0n) is 7.69. The first-order chi connectivity index (χ1) is 4.45. The molecule has 0 saturated heterocycles. The van der Waals surface area contributed by atoms with Crippen LogP contribution in [0.3, 0.4) is 0 Å². The minimum Gasteiger partial charge on any atom is -0.548 e. The number of rotatable bonds is 3. The van der Waals surface area contributed by atoms with Crippen LogP contribution in [0.5, 0.6) is 0 Å². The predicted molar refractivity (Wildman–Crippen MR) is 48.5 cm³/mol. The molecule has 0 aromatic heterocycles. The van der Waals surface area contributed by atoms with Crippen molar-refractivity contribution in [3.8, 4) is 0 Å². The summed E-state index contributed by atoms with van der Waals surface area (Å²) in [5.41, 5.74) is 0. The number of allylic oxidation sites excluding steroid dienone is 2. The summed E-state index contributed by atoms with van der Waals surface area (Å²) in [5.74, 6) is 1.08. The Hall–Kier alpha value is -0.243. The van der Waals surface area contributed by atoms with Crippen LogP contribution in [0.1, 0.15) is 20.3 Å². The third-order valence-electron chi connectivity index (χ3n) is 0.959. The lowest BCUT2D eigenvalue weighted by molar-refractivity contribution is 0.422. The van der Waals surface area contributed by atoms with Crippen LogP contribution >= 0.6 is 0 Å². The third-order valence-corrected chi connectivity index (χ3v) is 1.89. The highest BCUT2D eigenvalue weighted by atomic mass is 28.4. The SMILES string of the molecule is CC/C=C(\C)O[Si](C)(C)C. The lowest BCUT2D eigenvalue weighted by Crippen LogP contribution is -2.24. The van der Waals surface area contributed by atoms with Gasteiger partial charge in [0.2, 0.25) is 8.32 Å². The van der Waals surface area contributed by atoms with Crippen molar-refractivity contribution in [1.82, 2.24) is 0 Å². The van der Waals surface area contributed by atoms with Crippen molar-refractivity contribution < 1.29 is 4.43 Å². The van der Waals surface area contributed by atoms with E-state index in [1.54, 1.807) is 0 Å². The largest absolute Gasteiger partial charge is 0.548 e. The summed E-state index contributed by atoms with van der Waals surface area (Å²) in [7, 11) is -1.33. The summed E-state index contributed by atoms with van der Waals surface area (Å²) in [6.07, 6.45) is 3.19. The average Bonchev–Trinajstić information content (AvgIpc) is 1.59. The molecule has 0 saturated carbocycles. The quantitative estimate of drug-likeness (QED) is 0.453. The molecule has 0 heterocycles. The molecule has 0 bridgehead atoms. The Morgan fingerprint density at radius 3 is 2.20 bits per heavy atom. The van der Waals surface area contributed by atoms with Gasteiger partial charge in [0.1, 0.15) is 0 Å². The maximum atomic E-state index is 5.68. The van der Waals surface area contributed by atoms with Crippen molar-refractivity contribution in [3.05, 3.63) is 11.8 Å². The van der Waals surface area contributed by atoms with Gasteiger partial charge >= 0.3 is 0 Å². The Morgan fingerprint density at radius 1 is 1.40 bits per heavy atom. The van der Waals surface area contributed by atoms with Gasteiger partial charge in [-0.1, -0.05) is 6.92 Å². The van der Waals surface area contributed by atoms with Crippen LogP contribution in [0.4, 0.5) is 0 Å². The molecular formula is C8H18OSi. The molecule has 0 aliphatic carbocycles. The molecule has 1 nitrogen and oxygen atoms in total. The standard InChI is InChI=1S/C8H18OSi/c1-6-7-8(2)9-10(3,4)5/h7H,6H2,1-5H3/b8-7+. The van der Waals surface area contributed by atoms with Gasteiger partial charge in [-0.3, -0.25) is 0 Å². The molecule has 0 radical (unpaired) electrons. The molecule has 60 valence electrons. The topological polar surface area (TPSA) is 9.23 Å². The van der Waals surface area contributed by atoms with Gasteiger partial charge in [-0.2, -0.15) is 0 Å². The molecule has 0 spiro atoms. The number of hydrogen-bond donors (Lipinski definition) is 0. The lowest BCUT2D eigenvalue weighted by atomic mass is 10.4. The summed E-state index contributed by atoms with van der Waals surface area (Å²) in [4.78, 5) is 0. The van der Waals surface area contributed by atoms with Crippen LogP contribution in [0, 0.1) is 0 Å². The highest BCUT2D eigenvalue weighted by Crippen LogP contribution is 2.09. The highest BCUT2D eigenvalue weighted by Gasteiger charge is 2.15. The number of hydrogen-bond acceptors (Lipinski definition) is 1. The molecule has 0 rings (SSSR count). The van der Waals surface area contributed by atoms with Crippen LogP contribution in [0.2, 0.25) is 19.6 Å². The van der Waals surface area contributed by atoms with Crippen molar-refractivity contribution in [2.75, 3.05) is 0 Å². The Balaban J connectivity index is 3.79. The van der Waals surface area contributed by atoms with Crippen molar-refractivity contribution in [1.29, 1.82) is 0 Å². The van der Waals surface area contributed by atoms with Crippen LogP contribution < -0.4 is 0 Å². The van der Waals surface area contributed by atoms with Gasteiger partial charge < -0.3 is 4.43 Å². The molecule has 0 N–H and O–H groups in total. The Kier molecular flexibility index (Phi) is 3.72. The van der Waals surface area contributed by atoms with E-state index in [4.69, 9.17) is 4.43 Å². The van der Waals surface area contributed by atoms with Gasteiger partial charge in [-0.15, -0.1) is 0 Å². The molecule has 0 aliphatic heterocycles. The maximum Gasteiger partial charge on any atom is 0.241 e. The zero-order chi connectivity index (χ0) is 8.20. The molecule has 0 amide bonds. The smallest absolute Gasteiger partial charge is 0.241 e. The van der Waals surface area contributed by atoms with Crippen molar-refractivity contribution in [2.24, 2.45) is 0 Å². The molecule has 0 unspecified atom stereocenters. The van der Waals surface area contributed by atoms with Crippen LogP contribution in [-0.2, 0) is 4.43 Å². The first kappa shape index (κ1) is 9.76. The van der Waals surface area contributed by atoms with E-state index in [1.807, 2.05) is 6.92 Å². The summed E-state index contributed by atoms with van der Waals surface area (Å²) in [5, 5.41) is 0. The molecule has 0 aromatic carbocycles. The first-order valence-electron chi connectivity index (χ1n) is 3.81. The van der Waals surface area contributed by atoms with Crippen molar-refractivity contribution in [3.63, 3.8) is 0 Å². The Morgan fingerprint density at radius 2 is 1.90 bits per heavy atom. The van der Waals surface area contributed by atoms with E-state index in [0.717, 1.165) is 12.2 Å². The molecule has 0 atom stereocenters. The van der Waals surface area contributed by atoms with Gasteiger partial charge in [0.05, 0.1) is 5.76 Å². The van der Waals surface area contributed by atoms with Crippen molar-refractivity contribution in [2.45, 2.75) is 39.9 Å². The van der Waals surface area contributed by atoms with E-state index in [9.17, 15) is 0 Å². The summed E-state index contributed by atoms with van der Waals surface area (Å²) in [6, 6.07) is 0. The van der Waals surface area contributed by atoms with Gasteiger partial charge in [0.25, 0.3) is 0 Å². The third kappa shape index (κ3) is 5.89. The fourth-order valence-corrected chi connectivity index (χ4v) is 1.86. The van der Waals surface area contributed by atoms with E-state index in [0.29, 0.717) is 0 Å². The monoisotopic (exact) mass is 158 g/mol. The van der Waals surface area contributed by atoms with E-state index >= 15 is 0 Å². The highest BCUT2D eigenvalue weighted by molar-refractivity contribution is 6.70. The van der Waals surface area contributed by atoms with Crippen LogP contribution in [0.25, 0.3) is 0 Å². The second-order valence-electron chi connectivity index (χ2n) is 3.44. The summed E-state index contributed by atoms with van der Waals surface area (Å²) >= 11 is 0. The lowest BCUT2D eigenvalue weighted by Gasteiger charge is -2.19. The summed E-state index contributed by atoms with van der Waals surface area (Å²) < 4.78 is 5.68. The second kappa shape index (κ2) is 3.81. The average molecular weight is 158 g/mol. The van der Waals surface area contributed by atoms with Gasteiger partial charge in [-0.25, -0.2) is 0 Å². The van der Waals surface area contributed by atoms with Crippen LogP contribution in [-0.4, -0.2) is 8.32 Å². The Bertz CT molecular complexity index is 122. The molecule has 2 heteroatoms. The van der Waals surface area contributed by atoms with E-state index < -0.39 is 8.32 Å². The first-order valence-corrected chi connectivity index (χ1v) is 7.22. The molecule has 0 aliphatic rings. The van der Waals surface area contributed by atoms with Gasteiger partial charge in [-0.05, 0) is 39.1 Å². The fourth-order valence-electron chi connectivity index (χ4n) is 0.812. The predicted octanol–water partition coefficient (Wildman–Crippen LogP) is 3.15. The molecule has 0 fully saturated rings. The second-order valence-corrected chi connectivity index (χ2v) is 7.87. The van der Waals surface area contributed by atoms with E-state index in [1.165, 1.54) is 0 Å². The zero-order valence-corrected chi connectivity index (χ0v) is 8.69.